The number of fused-ring (bicyclic) bond motifs is 1. The van der Waals surface area contributed by atoms with Crippen molar-refractivity contribution < 1.29 is 14.3 Å². The molecule has 6 nitrogen and oxygen atoms in total. The zero-order valence-corrected chi connectivity index (χ0v) is 14.7. The van der Waals surface area contributed by atoms with E-state index in [1.807, 2.05) is 29.2 Å². The molecule has 1 amide bonds. The highest BCUT2D eigenvalue weighted by Gasteiger charge is 2.47. The van der Waals surface area contributed by atoms with Crippen molar-refractivity contribution in [3.63, 3.8) is 0 Å². The minimum Gasteiger partial charge on any atom is -0.491 e. The largest absolute Gasteiger partial charge is 0.491 e. The van der Waals surface area contributed by atoms with E-state index in [1.54, 1.807) is 24.7 Å². The van der Waals surface area contributed by atoms with E-state index >= 15 is 0 Å². The van der Waals surface area contributed by atoms with Crippen molar-refractivity contribution in [1.82, 2.24) is 14.9 Å². The van der Waals surface area contributed by atoms with E-state index in [4.69, 9.17) is 9.47 Å². The number of pyridine rings is 2. The van der Waals surface area contributed by atoms with Gasteiger partial charge in [0.25, 0.3) is 5.91 Å². The Morgan fingerprint density at radius 1 is 1.31 bits per heavy atom. The second kappa shape index (κ2) is 7.41. The molecule has 0 spiro atoms. The maximum Gasteiger partial charge on any atom is 0.272 e. The average molecular weight is 353 g/mol. The Bertz CT molecular complexity index is 740. The molecule has 0 saturated carbocycles. The van der Waals surface area contributed by atoms with E-state index in [1.165, 1.54) is 0 Å². The summed E-state index contributed by atoms with van der Waals surface area (Å²) in [6.07, 6.45) is 8.03. The van der Waals surface area contributed by atoms with Gasteiger partial charge in [0.15, 0.2) is 0 Å². The lowest BCUT2D eigenvalue weighted by Gasteiger charge is -2.50. The van der Waals surface area contributed by atoms with Gasteiger partial charge in [-0.25, -0.2) is 0 Å². The molecule has 136 valence electrons. The number of carbonyl (C=O) groups excluding carboxylic acids is 1. The highest BCUT2D eigenvalue weighted by atomic mass is 16.5. The number of amides is 1. The van der Waals surface area contributed by atoms with Gasteiger partial charge in [-0.05, 0) is 43.5 Å². The third kappa shape index (κ3) is 3.42. The zero-order valence-electron chi connectivity index (χ0n) is 14.7. The Labute approximate surface area is 153 Å². The summed E-state index contributed by atoms with van der Waals surface area (Å²) in [5, 5.41) is 0. The van der Waals surface area contributed by atoms with E-state index in [0.29, 0.717) is 25.4 Å². The van der Waals surface area contributed by atoms with Crippen LogP contribution in [0, 0.1) is 5.41 Å². The smallest absolute Gasteiger partial charge is 0.272 e. The van der Waals surface area contributed by atoms with Crippen LogP contribution in [0.2, 0.25) is 0 Å². The summed E-state index contributed by atoms with van der Waals surface area (Å²) in [7, 11) is 0. The van der Waals surface area contributed by atoms with Gasteiger partial charge in [-0.15, -0.1) is 0 Å². The van der Waals surface area contributed by atoms with E-state index in [-0.39, 0.29) is 17.4 Å². The minimum absolute atomic E-state index is 0.0182. The fourth-order valence-corrected chi connectivity index (χ4v) is 3.99. The van der Waals surface area contributed by atoms with Gasteiger partial charge < -0.3 is 14.4 Å². The fourth-order valence-electron chi connectivity index (χ4n) is 3.99. The van der Waals surface area contributed by atoms with Crippen molar-refractivity contribution in [2.75, 3.05) is 26.3 Å². The summed E-state index contributed by atoms with van der Waals surface area (Å²) >= 11 is 0. The van der Waals surface area contributed by atoms with Crippen LogP contribution in [0.25, 0.3) is 0 Å². The van der Waals surface area contributed by atoms with Crippen LogP contribution in [0.4, 0.5) is 0 Å². The first-order chi connectivity index (χ1) is 12.8. The SMILES string of the molecule is O=C(c1ccccn1)N1CC[C@H]2OCCC[C@@]2(COc2cccnc2)C1. The quantitative estimate of drug-likeness (QED) is 0.845. The second-order valence-electron chi connectivity index (χ2n) is 7.03. The lowest BCUT2D eigenvalue weighted by atomic mass is 9.73. The number of carbonyl (C=O) groups is 1. The first-order valence-corrected chi connectivity index (χ1v) is 9.12. The molecule has 2 aliphatic heterocycles. The van der Waals surface area contributed by atoms with Crippen LogP contribution in [-0.2, 0) is 4.74 Å². The minimum atomic E-state index is -0.184. The monoisotopic (exact) mass is 353 g/mol. The maximum atomic E-state index is 12.9. The Balaban J connectivity index is 1.52. The highest BCUT2D eigenvalue weighted by Crippen LogP contribution is 2.41. The third-order valence-corrected chi connectivity index (χ3v) is 5.32. The molecule has 6 heteroatoms. The van der Waals surface area contributed by atoms with Crippen LogP contribution in [-0.4, -0.2) is 53.2 Å². The lowest BCUT2D eigenvalue weighted by molar-refractivity contribution is -0.133. The van der Waals surface area contributed by atoms with Crippen LogP contribution in [0.1, 0.15) is 29.8 Å². The average Bonchev–Trinajstić information content (AvgIpc) is 2.73. The molecule has 4 heterocycles. The molecular formula is C20H23N3O3. The van der Waals surface area contributed by atoms with Crippen LogP contribution >= 0.6 is 0 Å². The van der Waals surface area contributed by atoms with Gasteiger partial charge in [0.05, 0.1) is 18.9 Å². The number of hydrogen-bond donors (Lipinski definition) is 0. The molecule has 0 unspecified atom stereocenters. The van der Waals surface area contributed by atoms with Crippen LogP contribution in [0.5, 0.6) is 5.75 Å². The number of piperidine rings is 1. The second-order valence-corrected chi connectivity index (χ2v) is 7.03. The molecule has 2 fully saturated rings. The number of rotatable bonds is 4. The van der Waals surface area contributed by atoms with Crippen molar-refractivity contribution in [2.24, 2.45) is 5.41 Å². The first kappa shape index (κ1) is 17.0. The number of hydrogen-bond acceptors (Lipinski definition) is 5. The summed E-state index contributed by atoms with van der Waals surface area (Å²) in [5.41, 5.74) is 0.308. The predicted molar refractivity (Wildman–Crippen MR) is 95.9 cm³/mol. The molecule has 2 aliphatic rings. The first-order valence-electron chi connectivity index (χ1n) is 9.12. The standard InChI is InChI=1S/C20H23N3O3/c24-19(17-6-1-2-10-22-17)23-11-7-18-20(14-23,8-4-12-25-18)15-26-16-5-3-9-21-13-16/h1-3,5-6,9-10,13,18H,4,7-8,11-12,14-15H2/t18-,20+/m1/s1. The van der Waals surface area contributed by atoms with Gasteiger partial charge in [0.2, 0.25) is 0 Å². The van der Waals surface area contributed by atoms with Crippen molar-refractivity contribution in [3.8, 4) is 5.75 Å². The van der Waals surface area contributed by atoms with Gasteiger partial charge >= 0.3 is 0 Å². The third-order valence-electron chi connectivity index (χ3n) is 5.32. The van der Waals surface area contributed by atoms with E-state index in [9.17, 15) is 4.79 Å². The molecule has 0 radical (unpaired) electrons. The molecule has 0 aromatic carbocycles. The summed E-state index contributed by atoms with van der Waals surface area (Å²) in [6.45, 7) is 2.63. The van der Waals surface area contributed by atoms with Gasteiger partial charge in [-0.2, -0.15) is 0 Å². The molecule has 0 N–H and O–H groups in total. The number of ether oxygens (including phenoxy) is 2. The molecular weight excluding hydrogens is 330 g/mol. The van der Waals surface area contributed by atoms with Crippen molar-refractivity contribution in [1.29, 1.82) is 0 Å². The predicted octanol–water partition coefficient (Wildman–Crippen LogP) is 2.57. The summed E-state index contributed by atoms with van der Waals surface area (Å²) in [5.74, 6) is 0.731. The Kier molecular flexibility index (Phi) is 4.84. The summed E-state index contributed by atoms with van der Waals surface area (Å²) < 4.78 is 12.1. The zero-order chi connectivity index (χ0) is 17.8. The van der Waals surface area contributed by atoms with Gasteiger partial charge in [-0.1, -0.05) is 6.07 Å². The van der Waals surface area contributed by atoms with Gasteiger partial charge in [-0.3, -0.25) is 14.8 Å². The van der Waals surface area contributed by atoms with Crippen LogP contribution in [0.3, 0.4) is 0 Å². The van der Waals surface area contributed by atoms with Crippen molar-refractivity contribution in [2.45, 2.75) is 25.4 Å². The summed E-state index contributed by atoms with van der Waals surface area (Å²) in [6, 6.07) is 9.20. The molecule has 26 heavy (non-hydrogen) atoms. The molecule has 2 saturated heterocycles. The number of likely N-dealkylation sites (tertiary alicyclic amines) is 1. The van der Waals surface area contributed by atoms with Crippen molar-refractivity contribution in [3.05, 3.63) is 54.6 Å². The normalized spacial score (nSPS) is 25.4. The number of aromatic nitrogens is 2. The van der Waals surface area contributed by atoms with Gasteiger partial charge in [0.1, 0.15) is 11.4 Å². The maximum absolute atomic E-state index is 12.9. The lowest BCUT2D eigenvalue weighted by Crippen LogP contribution is -2.58. The molecule has 2 aromatic rings. The molecule has 2 aromatic heterocycles. The Hall–Kier alpha value is -2.47. The number of nitrogens with zero attached hydrogens (tertiary/aromatic N) is 3. The molecule has 2 atom stereocenters. The Morgan fingerprint density at radius 3 is 3.08 bits per heavy atom. The van der Waals surface area contributed by atoms with E-state index < -0.39 is 0 Å². The molecule has 0 aliphatic carbocycles. The van der Waals surface area contributed by atoms with Crippen LogP contribution in [0.15, 0.2) is 48.9 Å². The van der Waals surface area contributed by atoms with Gasteiger partial charge in [0, 0.05) is 37.5 Å². The van der Waals surface area contributed by atoms with E-state index in [0.717, 1.165) is 31.6 Å². The van der Waals surface area contributed by atoms with Crippen LogP contribution < -0.4 is 4.74 Å². The summed E-state index contributed by atoms with van der Waals surface area (Å²) in [4.78, 5) is 23.1. The molecule has 0 bridgehead atoms. The highest BCUT2D eigenvalue weighted by molar-refractivity contribution is 5.92. The Morgan fingerprint density at radius 2 is 2.27 bits per heavy atom. The van der Waals surface area contributed by atoms with E-state index in [2.05, 4.69) is 9.97 Å². The fraction of sp³-hybridized carbons (Fsp3) is 0.450. The van der Waals surface area contributed by atoms with Crippen molar-refractivity contribution >= 4 is 5.91 Å². The topological polar surface area (TPSA) is 64.6 Å². The molecule has 4 rings (SSSR count).